The molecule has 0 aliphatic heterocycles. The van der Waals surface area contributed by atoms with Crippen molar-refractivity contribution in [2.45, 2.75) is 32.6 Å². The smallest absolute Gasteiger partial charge is 0.259 e. The van der Waals surface area contributed by atoms with Crippen LogP contribution in [0.3, 0.4) is 0 Å². The summed E-state index contributed by atoms with van der Waals surface area (Å²) in [6.07, 6.45) is 6.38. The van der Waals surface area contributed by atoms with Gasteiger partial charge in [-0.15, -0.1) is 0 Å². The number of aromatic amines is 1. The average Bonchev–Trinajstić information content (AvgIpc) is 2.73. The summed E-state index contributed by atoms with van der Waals surface area (Å²) < 4.78 is 5.74. The van der Waals surface area contributed by atoms with E-state index in [4.69, 9.17) is 4.74 Å². The number of nitrogens with zero attached hydrogens (tertiary/aromatic N) is 2. The van der Waals surface area contributed by atoms with Crippen LogP contribution in [0, 0.1) is 11.3 Å². The maximum absolute atomic E-state index is 12.2. The highest BCUT2D eigenvalue weighted by Crippen LogP contribution is 2.19. The zero-order valence-corrected chi connectivity index (χ0v) is 15.9. The summed E-state index contributed by atoms with van der Waals surface area (Å²) in [5.74, 6) is 1.08. The van der Waals surface area contributed by atoms with Gasteiger partial charge in [-0.1, -0.05) is 50.5 Å². The zero-order valence-electron chi connectivity index (χ0n) is 15.9. The number of unbranched alkanes of at least 4 members (excludes halogenated alkanes) is 3. The van der Waals surface area contributed by atoms with Crippen LogP contribution in [0.1, 0.15) is 44.0 Å². The summed E-state index contributed by atoms with van der Waals surface area (Å²) >= 11 is 0. The summed E-state index contributed by atoms with van der Waals surface area (Å²) in [7, 11) is 0. The summed E-state index contributed by atoms with van der Waals surface area (Å²) in [5, 5.41) is 10.0. The molecule has 0 fully saturated rings. The van der Waals surface area contributed by atoms with Gasteiger partial charge >= 0.3 is 0 Å². The van der Waals surface area contributed by atoms with Crippen molar-refractivity contribution in [3.05, 3.63) is 70.3 Å². The second-order valence-electron chi connectivity index (χ2n) is 6.58. The van der Waals surface area contributed by atoms with Gasteiger partial charge in [0.05, 0.1) is 23.1 Å². The largest absolute Gasteiger partial charge is 0.494 e. The standard InChI is InChI=1S/C23H23N3O2/c1-2-3-4-7-14-28-19-12-10-17(11-13-19)15-18(16-24)22-25-21-9-6-5-8-20(21)23(27)26-22/h5-6,8-13,15H,2-4,7,14H2,1H3,(H,25,26,27). The van der Waals surface area contributed by atoms with Crippen LogP contribution in [-0.2, 0) is 0 Å². The van der Waals surface area contributed by atoms with Crippen LogP contribution in [0.15, 0.2) is 53.3 Å². The topological polar surface area (TPSA) is 78.8 Å². The lowest BCUT2D eigenvalue weighted by Crippen LogP contribution is -2.11. The summed E-state index contributed by atoms with van der Waals surface area (Å²) in [5.41, 5.74) is 1.45. The summed E-state index contributed by atoms with van der Waals surface area (Å²) in [4.78, 5) is 19.3. The monoisotopic (exact) mass is 373 g/mol. The number of nitriles is 1. The molecular formula is C23H23N3O2. The van der Waals surface area contributed by atoms with Crippen LogP contribution in [0.5, 0.6) is 5.75 Å². The summed E-state index contributed by atoms with van der Waals surface area (Å²) in [6, 6.07) is 16.7. The first kappa shape index (κ1) is 19.4. The lowest BCUT2D eigenvalue weighted by molar-refractivity contribution is 0.305. The van der Waals surface area contributed by atoms with Crippen LogP contribution < -0.4 is 10.3 Å². The van der Waals surface area contributed by atoms with Gasteiger partial charge in [0, 0.05) is 0 Å². The van der Waals surface area contributed by atoms with E-state index in [1.54, 1.807) is 24.3 Å². The maximum Gasteiger partial charge on any atom is 0.259 e. The molecule has 0 bridgehead atoms. The molecule has 1 heterocycles. The molecule has 0 amide bonds. The molecule has 0 radical (unpaired) electrons. The Morgan fingerprint density at radius 3 is 2.68 bits per heavy atom. The number of aromatic nitrogens is 2. The van der Waals surface area contributed by atoms with Gasteiger partial charge in [-0.05, 0) is 42.3 Å². The lowest BCUT2D eigenvalue weighted by atomic mass is 10.1. The molecule has 0 unspecified atom stereocenters. The molecular weight excluding hydrogens is 350 g/mol. The molecule has 3 aromatic rings. The predicted octanol–water partition coefficient (Wildman–Crippen LogP) is 4.95. The van der Waals surface area contributed by atoms with Crippen molar-refractivity contribution in [3.63, 3.8) is 0 Å². The molecule has 142 valence electrons. The van der Waals surface area contributed by atoms with Gasteiger partial charge in [0.2, 0.25) is 0 Å². The third-order valence-electron chi connectivity index (χ3n) is 4.45. The molecule has 3 rings (SSSR count). The van der Waals surface area contributed by atoms with Crippen molar-refractivity contribution in [1.29, 1.82) is 5.26 Å². The maximum atomic E-state index is 12.2. The molecule has 5 heteroatoms. The number of hydrogen-bond donors (Lipinski definition) is 1. The number of H-pyrrole nitrogens is 1. The van der Waals surface area contributed by atoms with Gasteiger partial charge in [-0.25, -0.2) is 4.98 Å². The molecule has 5 nitrogen and oxygen atoms in total. The highest BCUT2D eigenvalue weighted by Gasteiger charge is 2.08. The average molecular weight is 373 g/mol. The second-order valence-corrected chi connectivity index (χ2v) is 6.58. The quantitative estimate of drug-likeness (QED) is 0.448. The normalized spacial score (nSPS) is 11.4. The van der Waals surface area contributed by atoms with E-state index in [1.165, 1.54) is 19.3 Å². The number of rotatable bonds is 8. The van der Waals surface area contributed by atoms with Gasteiger partial charge in [0.25, 0.3) is 5.56 Å². The number of nitrogens with one attached hydrogen (secondary N) is 1. The van der Waals surface area contributed by atoms with E-state index in [2.05, 4.69) is 23.0 Å². The summed E-state index contributed by atoms with van der Waals surface area (Å²) in [6.45, 7) is 2.90. The van der Waals surface area contributed by atoms with Gasteiger partial charge in [0.1, 0.15) is 11.8 Å². The number of para-hydroxylation sites is 1. The molecule has 0 saturated heterocycles. The first-order valence-electron chi connectivity index (χ1n) is 9.55. The number of hydrogen-bond acceptors (Lipinski definition) is 4. The second kappa shape index (κ2) is 9.52. The molecule has 2 aromatic carbocycles. The molecule has 0 aliphatic rings. The molecule has 0 atom stereocenters. The predicted molar refractivity (Wildman–Crippen MR) is 112 cm³/mol. The van der Waals surface area contributed by atoms with Crippen LogP contribution in [-0.4, -0.2) is 16.6 Å². The van der Waals surface area contributed by atoms with Crippen LogP contribution >= 0.6 is 0 Å². The number of benzene rings is 2. The van der Waals surface area contributed by atoms with Gasteiger partial charge in [0.15, 0.2) is 5.82 Å². The minimum Gasteiger partial charge on any atom is -0.494 e. The minimum atomic E-state index is -0.256. The molecule has 0 aliphatic carbocycles. The molecule has 0 saturated carbocycles. The Bertz CT molecular complexity index is 1060. The Morgan fingerprint density at radius 1 is 1.14 bits per heavy atom. The van der Waals surface area contributed by atoms with E-state index < -0.39 is 0 Å². The third-order valence-corrected chi connectivity index (χ3v) is 4.45. The van der Waals surface area contributed by atoms with Crippen molar-refractivity contribution in [2.24, 2.45) is 0 Å². The number of fused-ring (bicyclic) bond motifs is 1. The minimum absolute atomic E-state index is 0.256. The number of ether oxygens (including phenoxy) is 1. The Morgan fingerprint density at radius 2 is 1.93 bits per heavy atom. The Labute approximate surface area is 164 Å². The van der Waals surface area contributed by atoms with Crippen molar-refractivity contribution in [1.82, 2.24) is 9.97 Å². The van der Waals surface area contributed by atoms with E-state index >= 15 is 0 Å². The van der Waals surface area contributed by atoms with Crippen molar-refractivity contribution in [2.75, 3.05) is 6.61 Å². The van der Waals surface area contributed by atoms with E-state index in [-0.39, 0.29) is 11.4 Å². The van der Waals surface area contributed by atoms with E-state index in [1.807, 2.05) is 30.3 Å². The molecule has 0 spiro atoms. The third kappa shape index (κ3) is 4.86. The first-order chi connectivity index (χ1) is 13.7. The number of allylic oxidation sites excluding steroid dienone is 1. The van der Waals surface area contributed by atoms with Crippen LogP contribution in [0.2, 0.25) is 0 Å². The fourth-order valence-corrected chi connectivity index (χ4v) is 2.91. The van der Waals surface area contributed by atoms with E-state index in [0.29, 0.717) is 23.1 Å². The fraction of sp³-hybridized carbons (Fsp3) is 0.261. The highest BCUT2D eigenvalue weighted by molar-refractivity contribution is 5.89. The fourth-order valence-electron chi connectivity index (χ4n) is 2.91. The van der Waals surface area contributed by atoms with Gasteiger partial charge < -0.3 is 9.72 Å². The SMILES string of the molecule is CCCCCCOc1ccc(C=C(C#N)c2nc3ccccc3c(=O)[nH]2)cc1. The van der Waals surface area contributed by atoms with Crippen LogP contribution in [0.4, 0.5) is 0 Å². The first-order valence-corrected chi connectivity index (χ1v) is 9.55. The lowest BCUT2D eigenvalue weighted by Gasteiger charge is -2.06. The van der Waals surface area contributed by atoms with Crippen molar-refractivity contribution >= 4 is 22.6 Å². The molecule has 1 N–H and O–H groups in total. The van der Waals surface area contributed by atoms with Crippen molar-refractivity contribution in [3.8, 4) is 11.8 Å². The van der Waals surface area contributed by atoms with E-state index in [9.17, 15) is 10.1 Å². The Kier molecular flexibility index (Phi) is 6.59. The Hall–Kier alpha value is -3.39. The zero-order chi connectivity index (χ0) is 19.8. The van der Waals surface area contributed by atoms with Gasteiger partial charge in [-0.2, -0.15) is 5.26 Å². The van der Waals surface area contributed by atoms with Crippen LogP contribution in [0.25, 0.3) is 22.6 Å². The van der Waals surface area contributed by atoms with E-state index in [0.717, 1.165) is 17.7 Å². The van der Waals surface area contributed by atoms with Crippen molar-refractivity contribution < 1.29 is 4.74 Å². The van der Waals surface area contributed by atoms with Gasteiger partial charge in [-0.3, -0.25) is 4.79 Å². The Balaban J connectivity index is 1.76. The highest BCUT2D eigenvalue weighted by atomic mass is 16.5. The molecule has 28 heavy (non-hydrogen) atoms. The molecule has 1 aromatic heterocycles.